The van der Waals surface area contributed by atoms with E-state index in [1.807, 2.05) is 36.4 Å². The molecule has 0 bridgehead atoms. The molecule has 6 nitrogen and oxygen atoms in total. The molecule has 1 aromatic heterocycles. The summed E-state index contributed by atoms with van der Waals surface area (Å²) in [5.74, 6) is 0.588. The summed E-state index contributed by atoms with van der Waals surface area (Å²) in [6, 6.07) is 21.6. The van der Waals surface area contributed by atoms with Crippen LogP contribution in [0.4, 0.5) is 0 Å². The summed E-state index contributed by atoms with van der Waals surface area (Å²) in [5, 5.41) is 3.44. The first kappa shape index (κ1) is 18.4. The van der Waals surface area contributed by atoms with Gasteiger partial charge in [0, 0.05) is 12.1 Å². The summed E-state index contributed by atoms with van der Waals surface area (Å²) in [7, 11) is 1.61. The summed E-state index contributed by atoms with van der Waals surface area (Å²) in [5.41, 5.74) is 2.66. The number of nitrogens with zero attached hydrogens (tertiary/aromatic N) is 2. The van der Waals surface area contributed by atoms with Crippen molar-refractivity contribution in [2.24, 2.45) is 0 Å². The summed E-state index contributed by atoms with van der Waals surface area (Å²) < 4.78 is 6.60. The fourth-order valence-electron chi connectivity index (χ4n) is 3.05. The lowest BCUT2D eigenvalue weighted by Crippen LogP contribution is -2.23. The first-order valence-electron chi connectivity index (χ1n) is 9.14. The number of carbonyl (C=O) groups excluding carboxylic acids is 1. The van der Waals surface area contributed by atoms with E-state index >= 15 is 0 Å². The van der Waals surface area contributed by atoms with E-state index in [1.165, 1.54) is 10.9 Å². The number of hydrogen-bond donors (Lipinski definition) is 1. The van der Waals surface area contributed by atoms with Gasteiger partial charge >= 0.3 is 0 Å². The number of hydrogen-bond acceptors (Lipinski definition) is 4. The maximum Gasteiger partial charge on any atom is 0.265 e. The van der Waals surface area contributed by atoms with Gasteiger partial charge in [-0.2, -0.15) is 0 Å². The van der Waals surface area contributed by atoms with Gasteiger partial charge in [0.25, 0.3) is 11.5 Å². The molecular formula is C23H19N3O3. The highest BCUT2D eigenvalue weighted by atomic mass is 16.5. The Morgan fingerprint density at radius 2 is 1.72 bits per heavy atom. The summed E-state index contributed by atoms with van der Waals surface area (Å²) in [6.07, 6.45) is 1.50. The van der Waals surface area contributed by atoms with Crippen molar-refractivity contribution in [3.63, 3.8) is 0 Å². The molecule has 0 aliphatic rings. The van der Waals surface area contributed by atoms with E-state index in [4.69, 9.17) is 4.74 Å². The van der Waals surface area contributed by atoms with Gasteiger partial charge in [0.05, 0.1) is 23.7 Å². The smallest absolute Gasteiger partial charge is 0.265 e. The average Bonchev–Trinajstić information content (AvgIpc) is 2.78. The minimum Gasteiger partial charge on any atom is -0.497 e. The third-order valence-corrected chi connectivity index (χ3v) is 4.69. The second kappa shape index (κ2) is 7.98. The minimum absolute atomic E-state index is 0.146. The number of nitrogens with one attached hydrogen (secondary N) is 1. The molecule has 3 aromatic carbocycles. The van der Waals surface area contributed by atoms with Gasteiger partial charge in [0.1, 0.15) is 12.1 Å². The number of rotatable bonds is 5. The van der Waals surface area contributed by atoms with Crippen molar-refractivity contribution in [1.29, 1.82) is 0 Å². The Morgan fingerprint density at radius 1 is 1.00 bits per heavy atom. The van der Waals surface area contributed by atoms with Crippen LogP contribution in [0, 0.1) is 0 Å². The molecule has 144 valence electrons. The van der Waals surface area contributed by atoms with E-state index in [0.29, 0.717) is 28.7 Å². The molecule has 0 aliphatic carbocycles. The van der Waals surface area contributed by atoms with Gasteiger partial charge in [-0.05, 0) is 54.1 Å². The lowest BCUT2D eigenvalue weighted by molar-refractivity contribution is 0.0951. The van der Waals surface area contributed by atoms with E-state index < -0.39 is 0 Å². The Balaban J connectivity index is 1.49. The first-order valence-corrected chi connectivity index (χ1v) is 9.14. The van der Waals surface area contributed by atoms with Crippen LogP contribution in [0.5, 0.6) is 5.75 Å². The van der Waals surface area contributed by atoms with Crippen molar-refractivity contribution in [2.45, 2.75) is 6.54 Å². The molecule has 0 saturated heterocycles. The van der Waals surface area contributed by atoms with E-state index in [9.17, 15) is 9.59 Å². The zero-order valence-corrected chi connectivity index (χ0v) is 15.8. The van der Waals surface area contributed by atoms with Crippen molar-refractivity contribution in [1.82, 2.24) is 14.9 Å². The van der Waals surface area contributed by atoms with Crippen LogP contribution in [-0.4, -0.2) is 22.6 Å². The van der Waals surface area contributed by atoms with Crippen molar-refractivity contribution in [3.05, 3.63) is 101 Å². The third kappa shape index (κ3) is 3.87. The number of para-hydroxylation sites is 1. The van der Waals surface area contributed by atoms with Crippen LogP contribution < -0.4 is 15.6 Å². The zero-order chi connectivity index (χ0) is 20.2. The number of amides is 1. The zero-order valence-electron chi connectivity index (χ0n) is 15.8. The van der Waals surface area contributed by atoms with Crippen molar-refractivity contribution >= 4 is 16.8 Å². The topological polar surface area (TPSA) is 73.2 Å². The van der Waals surface area contributed by atoms with E-state index in [0.717, 1.165) is 11.3 Å². The molecule has 1 N–H and O–H groups in total. The molecule has 0 unspecified atom stereocenters. The van der Waals surface area contributed by atoms with Crippen molar-refractivity contribution in [3.8, 4) is 11.4 Å². The maximum absolute atomic E-state index is 12.7. The number of aromatic nitrogens is 2. The summed E-state index contributed by atoms with van der Waals surface area (Å²) in [6.45, 7) is 0.415. The molecular weight excluding hydrogens is 366 g/mol. The van der Waals surface area contributed by atoms with Crippen LogP contribution in [0.25, 0.3) is 16.6 Å². The molecule has 6 heteroatoms. The largest absolute Gasteiger partial charge is 0.497 e. The lowest BCUT2D eigenvalue weighted by atomic mass is 10.1. The monoisotopic (exact) mass is 385 g/mol. The van der Waals surface area contributed by atoms with Gasteiger partial charge in [-0.1, -0.05) is 24.3 Å². The van der Waals surface area contributed by atoms with Crippen LogP contribution >= 0.6 is 0 Å². The van der Waals surface area contributed by atoms with Gasteiger partial charge in [-0.3, -0.25) is 14.2 Å². The Kier molecular flexibility index (Phi) is 5.07. The molecule has 0 radical (unpaired) electrons. The van der Waals surface area contributed by atoms with Crippen molar-refractivity contribution in [2.75, 3.05) is 7.11 Å². The Labute approximate surface area is 167 Å². The highest BCUT2D eigenvalue weighted by molar-refractivity contribution is 5.94. The highest BCUT2D eigenvalue weighted by Gasteiger charge is 2.08. The molecule has 1 heterocycles. The molecule has 4 rings (SSSR count). The molecule has 0 saturated carbocycles. The van der Waals surface area contributed by atoms with E-state index in [2.05, 4.69) is 10.3 Å². The molecule has 29 heavy (non-hydrogen) atoms. The fourth-order valence-corrected chi connectivity index (χ4v) is 3.05. The summed E-state index contributed by atoms with van der Waals surface area (Å²) >= 11 is 0. The number of benzene rings is 3. The number of fused-ring (bicyclic) bond motifs is 1. The summed E-state index contributed by atoms with van der Waals surface area (Å²) in [4.78, 5) is 29.4. The lowest BCUT2D eigenvalue weighted by Gasteiger charge is -2.09. The van der Waals surface area contributed by atoms with Gasteiger partial charge in [0.2, 0.25) is 0 Å². The quantitative estimate of drug-likeness (QED) is 0.572. The standard InChI is InChI=1S/C23H19N3O3/c1-29-19-12-6-16(7-13-19)14-24-22(27)17-8-10-18(11-9-17)26-15-25-21-5-3-2-4-20(21)23(26)28/h2-13,15H,14H2,1H3,(H,24,27). The molecule has 0 fully saturated rings. The molecule has 0 atom stereocenters. The molecule has 1 amide bonds. The van der Waals surface area contributed by atoms with E-state index in [-0.39, 0.29) is 11.5 Å². The normalized spacial score (nSPS) is 10.7. The molecule has 0 spiro atoms. The van der Waals surface area contributed by atoms with Crippen molar-refractivity contribution < 1.29 is 9.53 Å². The SMILES string of the molecule is COc1ccc(CNC(=O)c2ccc(-n3cnc4ccccc4c3=O)cc2)cc1. The van der Waals surface area contributed by atoms with Crippen LogP contribution in [0.15, 0.2) is 83.9 Å². The predicted octanol–water partition coefficient (Wildman–Crippen LogP) is 3.32. The second-order valence-corrected chi connectivity index (χ2v) is 6.51. The predicted molar refractivity (Wildman–Crippen MR) is 112 cm³/mol. The Hall–Kier alpha value is -3.93. The second-order valence-electron chi connectivity index (χ2n) is 6.51. The van der Waals surface area contributed by atoms with Gasteiger partial charge in [-0.15, -0.1) is 0 Å². The number of carbonyl (C=O) groups is 1. The molecule has 4 aromatic rings. The Morgan fingerprint density at radius 3 is 2.45 bits per heavy atom. The number of methoxy groups -OCH3 is 1. The Bertz CT molecular complexity index is 1210. The fraction of sp³-hybridized carbons (Fsp3) is 0.0870. The number of ether oxygens (including phenoxy) is 1. The van der Waals surface area contributed by atoms with Gasteiger partial charge < -0.3 is 10.1 Å². The minimum atomic E-state index is -0.184. The molecule has 0 aliphatic heterocycles. The van der Waals surface area contributed by atoms with Gasteiger partial charge in [-0.25, -0.2) is 4.98 Å². The average molecular weight is 385 g/mol. The first-order chi connectivity index (χ1) is 14.2. The van der Waals surface area contributed by atoms with Crippen LogP contribution in [0.2, 0.25) is 0 Å². The van der Waals surface area contributed by atoms with Crippen LogP contribution in [0.3, 0.4) is 0 Å². The maximum atomic E-state index is 12.7. The van der Waals surface area contributed by atoms with Crippen LogP contribution in [-0.2, 0) is 6.54 Å². The highest BCUT2D eigenvalue weighted by Crippen LogP contribution is 2.13. The van der Waals surface area contributed by atoms with Gasteiger partial charge in [0.15, 0.2) is 0 Å². The third-order valence-electron chi connectivity index (χ3n) is 4.69. The van der Waals surface area contributed by atoms with Crippen LogP contribution in [0.1, 0.15) is 15.9 Å². The van der Waals surface area contributed by atoms with E-state index in [1.54, 1.807) is 43.5 Å².